The topological polar surface area (TPSA) is 121 Å². The van der Waals surface area contributed by atoms with E-state index in [9.17, 15) is 14.7 Å². The molecule has 1 aliphatic rings. The number of hydrogen-bond donors (Lipinski definition) is 2. The number of ether oxygens (including phenoxy) is 1. The Bertz CT molecular complexity index is 988. The van der Waals surface area contributed by atoms with Gasteiger partial charge in [0.05, 0.1) is 6.04 Å². The fourth-order valence-corrected chi connectivity index (χ4v) is 3.24. The van der Waals surface area contributed by atoms with E-state index in [2.05, 4.69) is 19.9 Å². The molecule has 2 N–H and O–H groups in total. The summed E-state index contributed by atoms with van der Waals surface area (Å²) in [6, 6.07) is 9.14. The van der Waals surface area contributed by atoms with E-state index in [1.807, 2.05) is 30.3 Å². The van der Waals surface area contributed by atoms with Gasteiger partial charge < -0.3 is 14.8 Å². The van der Waals surface area contributed by atoms with Gasteiger partial charge in [0.1, 0.15) is 24.3 Å². The van der Waals surface area contributed by atoms with Crippen molar-refractivity contribution < 1.29 is 19.4 Å². The van der Waals surface area contributed by atoms with Crippen molar-refractivity contribution in [1.29, 1.82) is 0 Å². The first-order chi connectivity index (χ1) is 13.1. The zero-order valence-electron chi connectivity index (χ0n) is 14.3. The molecule has 2 aromatic heterocycles. The number of carbonyl (C=O) groups is 2. The molecule has 0 bridgehead atoms. The summed E-state index contributed by atoms with van der Waals surface area (Å²) >= 11 is 0. The van der Waals surface area contributed by atoms with Crippen molar-refractivity contribution in [2.45, 2.75) is 25.5 Å². The predicted octanol–water partition coefficient (Wildman–Crippen LogP) is 2.52. The van der Waals surface area contributed by atoms with Crippen LogP contribution in [-0.4, -0.2) is 48.5 Å². The first-order valence-electron chi connectivity index (χ1n) is 8.54. The molecule has 0 saturated carbocycles. The van der Waals surface area contributed by atoms with E-state index in [1.54, 1.807) is 4.90 Å². The van der Waals surface area contributed by atoms with Crippen LogP contribution in [0.4, 0.5) is 4.79 Å². The number of nitrogens with zero attached hydrogens (tertiary/aromatic N) is 4. The number of amides is 1. The highest BCUT2D eigenvalue weighted by Crippen LogP contribution is 2.32. The molecule has 3 aromatic rings. The van der Waals surface area contributed by atoms with Gasteiger partial charge in [-0.25, -0.2) is 24.5 Å². The third-order valence-corrected chi connectivity index (χ3v) is 4.52. The largest absolute Gasteiger partial charge is 0.476 e. The fourth-order valence-electron chi connectivity index (χ4n) is 3.24. The Balaban J connectivity index is 1.54. The van der Waals surface area contributed by atoms with Gasteiger partial charge in [-0.3, -0.25) is 4.90 Å². The molecule has 3 heterocycles. The summed E-state index contributed by atoms with van der Waals surface area (Å²) < 4.78 is 5.42. The van der Waals surface area contributed by atoms with Crippen molar-refractivity contribution in [2.75, 3.05) is 6.54 Å². The SMILES string of the molecule is O=C(O)c1ncnc2nc([C@@H]3CCCN3C(=O)OCc3ccccc3)[nH]c12. The van der Waals surface area contributed by atoms with Gasteiger partial charge in [-0.1, -0.05) is 30.3 Å². The van der Waals surface area contributed by atoms with Crippen LogP contribution in [0.2, 0.25) is 0 Å². The standard InChI is InChI=1S/C18H17N5O4/c24-17(25)14-13-16(20-10-19-14)22-15(21-13)12-7-4-8-23(12)18(26)27-9-11-5-2-1-3-6-11/h1-3,5-6,10,12H,4,7-9H2,(H,24,25)(H,19,20,21,22)/t12-/m0/s1. The maximum absolute atomic E-state index is 12.5. The van der Waals surface area contributed by atoms with Gasteiger partial charge in [-0.15, -0.1) is 0 Å². The number of carbonyl (C=O) groups excluding carboxylic acids is 1. The van der Waals surface area contributed by atoms with Gasteiger partial charge >= 0.3 is 12.1 Å². The highest BCUT2D eigenvalue weighted by atomic mass is 16.6. The van der Waals surface area contributed by atoms with Crippen LogP contribution in [0.1, 0.15) is 40.8 Å². The first-order valence-corrected chi connectivity index (χ1v) is 8.54. The van der Waals surface area contributed by atoms with Gasteiger partial charge in [-0.05, 0) is 18.4 Å². The Morgan fingerprint density at radius 3 is 2.85 bits per heavy atom. The Morgan fingerprint density at radius 2 is 2.07 bits per heavy atom. The molecule has 138 valence electrons. The van der Waals surface area contributed by atoms with Crippen LogP contribution in [0.15, 0.2) is 36.7 Å². The molecule has 0 aliphatic carbocycles. The van der Waals surface area contributed by atoms with Crippen LogP contribution >= 0.6 is 0 Å². The lowest BCUT2D eigenvalue weighted by Gasteiger charge is -2.22. The molecule has 9 heteroatoms. The average Bonchev–Trinajstić information content (AvgIpc) is 3.33. The molecular formula is C18H17N5O4. The van der Waals surface area contributed by atoms with Crippen LogP contribution in [0, 0.1) is 0 Å². The van der Waals surface area contributed by atoms with E-state index in [4.69, 9.17) is 4.74 Å². The van der Waals surface area contributed by atoms with E-state index < -0.39 is 12.1 Å². The van der Waals surface area contributed by atoms with Crippen molar-refractivity contribution in [2.24, 2.45) is 0 Å². The second kappa shape index (κ2) is 7.02. The number of benzene rings is 1. The number of nitrogens with one attached hydrogen (secondary N) is 1. The number of hydrogen-bond acceptors (Lipinski definition) is 6. The van der Waals surface area contributed by atoms with Crippen molar-refractivity contribution in [3.8, 4) is 0 Å². The third kappa shape index (κ3) is 3.31. The van der Waals surface area contributed by atoms with Gasteiger partial charge in [0.25, 0.3) is 0 Å². The van der Waals surface area contributed by atoms with Crippen molar-refractivity contribution in [3.05, 3.63) is 53.7 Å². The smallest absolute Gasteiger partial charge is 0.410 e. The van der Waals surface area contributed by atoms with Gasteiger partial charge in [0, 0.05) is 6.54 Å². The molecular weight excluding hydrogens is 350 g/mol. The van der Waals surface area contributed by atoms with Gasteiger partial charge in [0.2, 0.25) is 0 Å². The number of aromatic carboxylic acids is 1. The summed E-state index contributed by atoms with van der Waals surface area (Å²) in [5.74, 6) is -0.676. The van der Waals surface area contributed by atoms with Crippen LogP contribution in [0.3, 0.4) is 0 Å². The second-order valence-corrected chi connectivity index (χ2v) is 6.24. The minimum atomic E-state index is -1.16. The van der Waals surface area contributed by atoms with Gasteiger partial charge in [-0.2, -0.15) is 0 Å². The number of aromatic nitrogens is 4. The molecule has 0 unspecified atom stereocenters. The molecule has 1 saturated heterocycles. The zero-order valence-corrected chi connectivity index (χ0v) is 14.3. The first kappa shape index (κ1) is 17.0. The van der Waals surface area contributed by atoms with Crippen LogP contribution in [0.25, 0.3) is 11.2 Å². The van der Waals surface area contributed by atoms with Crippen molar-refractivity contribution in [1.82, 2.24) is 24.8 Å². The number of rotatable bonds is 4. The predicted molar refractivity (Wildman–Crippen MR) is 94.0 cm³/mol. The Hall–Kier alpha value is -3.49. The number of fused-ring (bicyclic) bond motifs is 1. The number of imidazole rings is 1. The Labute approximate surface area is 154 Å². The summed E-state index contributed by atoms with van der Waals surface area (Å²) in [4.78, 5) is 40.6. The maximum Gasteiger partial charge on any atom is 0.410 e. The third-order valence-electron chi connectivity index (χ3n) is 4.52. The lowest BCUT2D eigenvalue weighted by molar-refractivity contribution is 0.0692. The zero-order chi connectivity index (χ0) is 18.8. The number of H-pyrrole nitrogens is 1. The molecule has 1 fully saturated rings. The number of carboxylic acids is 1. The van der Waals surface area contributed by atoms with Crippen LogP contribution in [0.5, 0.6) is 0 Å². The minimum Gasteiger partial charge on any atom is -0.476 e. The lowest BCUT2D eigenvalue weighted by atomic mass is 10.2. The number of likely N-dealkylation sites (tertiary alicyclic amines) is 1. The fraction of sp³-hybridized carbons (Fsp3) is 0.278. The summed E-state index contributed by atoms with van der Waals surface area (Å²) in [5.41, 5.74) is 1.29. The molecule has 27 heavy (non-hydrogen) atoms. The number of carboxylic acid groups (broad SMARTS) is 1. The van der Waals surface area contributed by atoms with E-state index in [0.29, 0.717) is 18.8 Å². The minimum absolute atomic E-state index is 0.144. The quantitative estimate of drug-likeness (QED) is 0.726. The molecule has 1 aliphatic heterocycles. The molecule has 0 spiro atoms. The highest BCUT2D eigenvalue weighted by molar-refractivity contribution is 5.97. The summed E-state index contributed by atoms with van der Waals surface area (Å²) in [5, 5.41) is 9.25. The maximum atomic E-state index is 12.5. The Morgan fingerprint density at radius 1 is 1.26 bits per heavy atom. The molecule has 1 amide bonds. The normalized spacial score (nSPS) is 16.6. The average molecular weight is 367 g/mol. The van der Waals surface area contributed by atoms with E-state index in [-0.39, 0.29) is 29.5 Å². The van der Waals surface area contributed by atoms with Crippen molar-refractivity contribution >= 4 is 23.2 Å². The molecule has 1 aromatic carbocycles. The summed E-state index contributed by atoms with van der Waals surface area (Å²) in [7, 11) is 0. The van der Waals surface area contributed by atoms with E-state index >= 15 is 0 Å². The summed E-state index contributed by atoms with van der Waals surface area (Å²) in [6.07, 6.45) is 2.25. The monoisotopic (exact) mass is 367 g/mol. The van der Waals surface area contributed by atoms with Crippen LogP contribution in [-0.2, 0) is 11.3 Å². The summed E-state index contributed by atoms with van der Waals surface area (Å²) in [6.45, 7) is 0.741. The highest BCUT2D eigenvalue weighted by Gasteiger charge is 2.34. The molecule has 9 nitrogen and oxygen atoms in total. The van der Waals surface area contributed by atoms with Gasteiger partial charge in [0.15, 0.2) is 11.3 Å². The number of aromatic amines is 1. The molecule has 4 rings (SSSR count). The second-order valence-electron chi connectivity index (χ2n) is 6.24. The lowest BCUT2D eigenvalue weighted by Crippen LogP contribution is -2.31. The Kier molecular flexibility index (Phi) is 4.41. The molecule has 0 radical (unpaired) electrons. The van der Waals surface area contributed by atoms with Crippen molar-refractivity contribution in [3.63, 3.8) is 0 Å². The van der Waals surface area contributed by atoms with E-state index in [0.717, 1.165) is 18.3 Å². The molecule has 1 atom stereocenters. The van der Waals surface area contributed by atoms with Crippen LogP contribution < -0.4 is 0 Å². The van der Waals surface area contributed by atoms with E-state index in [1.165, 1.54) is 0 Å².